The summed E-state index contributed by atoms with van der Waals surface area (Å²) in [4.78, 5) is 4.32. The molecule has 0 fully saturated rings. The molecule has 0 radical (unpaired) electrons. The lowest BCUT2D eigenvalue weighted by atomic mass is 10.2. The third kappa shape index (κ3) is 6.00. The molecule has 0 aromatic heterocycles. The highest BCUT2D eigenvalue weighted by Crippen LogP contribution is 2.30. The van der Waals surface area contributed by atoms with Gasteiger partial charge in [0.2, 0.25) is 0 Å². The SMILES string of the molecule is COCC(C)NC(N)=NCc1ccc(Oc2ccccc2OC)cc1. The summed E-state index contributed by atoms with van der Waals surface area (Å²) in [5.74, 6) is 2.51. The zero-order chi connectivity index (χ0) is 18.1. The number of hydrogen-bond acceptors (Lipinski definition) is 4. The Morgan fingerprint density at radius 2 is 1.76 bits per heavy atom. The maximum absolute atomic E-state index is 5.86. The molecule has 2 aromatic carbocycles. The van der Waals surface area contributed by atoms with Gasteiger partial charge in [0.25, 0.3) is 0 Å². The molecule has 0 saturated carbocycles. The number of ether oxygens (including phenoxy) is 3. The summed E-state index contributed by atoms with van der Waals surface area (Å²) in [7, 11) is 3.27. The Kier molecular flexibility index (Phi) is 7.10. The molecule has 0 aliphatic heterocycles. The first kappa shape index (κ1) is 18.6. The fraction of sp³-hybridized carbons (Fsp3) is 0.316. The van der Waals surface area contributed by atoms with Crippen LogP contribution in [0, 0.1) is 0 Å². The average Bonchev–Trinajstić information content (AvgIpc) is 2.62. The number of nitrogens with one attached hydrogen (secondary N) is 1. The summed E-state index contributed by atoms with van der Waals surface area (Å²) >= 11 is 0. The smallest absolute Gasteiger partial charge is 0.189 e. The van der Waals surface area contributed by atoms with Crippen LogP contribution in [0.25, 0.3) is 0 Å². The molecule has 0 saturated heterocycles. The summed E-state index contributed by atoms with van der Waals surface area (Å²) in [5, 5.41) is 3.07. The minimum absolute atomic E-state index is 0.116. The van der Waals surface area contributed by atoms with Gasteiger partial charge in [-0.25, -0.2) is 4.99 Å². The van der Waals surface area contributed by atoms with E-state index in [0.717, 1.165) is 11.3 Å². The van der Waals surface area contributed by atoms with Crippen LogP contribution in [0.5, 0.6) is 17.2 Å². The topological polar surface area (TPSA) is 78.1 Å². The van der Waals surface area contributed by atoms with Crippen molar-refractivity contribution in [3.8, 4) is 17.2 Å². The Hall–Kier alpha value is -2.73. The van der Waals surface area contributed by atoms with Gasteiger partial charge in [0, 0.05) is 13.2 Å². The lowest BCUT2D eigenvalue weighted by Crippen LogP contribution is -2.40. The average molecular weight is 343 g/mol. The highest BCUT2D eigenvalue weighted by Gasteiger charge is 2.05. The molecule has 0 heterocycles. The van der Waals surface area contributed by atoms with E-state index in [2.05, 4.69) is 10.3 Å². The summed E-state index contributed by atoms with van der Waals surface area (Å²) in [6.07, 6.45) is 0. The van der Waals surface area contributed by atoms with Gasteiger partial charge in [-0.1, -0.05) is 24.3 Å². The van der Waals surface area contributed by atoms with Gasteiger partial charge in [-0.05, 0) is 36.8 Å². The number of aliphatic imine (C=N–C) groups is 1. The predicted octanol–water partition coefficient (Wildman–Crippen LogP) is 2.93. The fourth-order valence-corrected chi connectivity index (χ4v) is 2.26. The lowest BCUT2D eigenvalue weighted by Gasteiger charge is -2.13. The standard InChI is InChI=1S/C19H25N3O3/c1-14(13-23-2)22-19(20)21-12-15-8-10-16(11-9-15)25-18-7-5-4-6-17(18)24-3/h4-11,14H,12-13H2,1-3H3,(H3,20,21,22). The van der Waals surface area contributed by atoms with Crippen molar-refractivity contribution in [2.45, 2.75) is 19.5 Å². The molecule has 0 aliphatic carbocycles. The van der Waals surface area contributed by atoms with Crippen LogP contribution in [0.15, 0.2) is 53.5 Å². The van der Waals surface area contributed by atoms with Gasteiger partial charge >= 0.3 is 0 Å². The molecule has 25 heavy (non-hydrogen) atoms. The first-order valence-corrected chi connectivity index (χ1v) is 8.07. The molecule has 1 unspecified atom stereocenters. The summed E-state index contributed by atoms with van der Waals surface area (Å²) in [6, 6.07) is 15.4. The van der Waals surface area contributed by atoms with Crippen LogP contribution in [0.4, 0.5) is 0 Å². The fourth-order valence-electron chi connectivity index (χ4n) is 2.26. The number of para-hydroxylation sites is 2. The number of methoxy groups -OCH3 is 2. The van der Waals surface area contributed by atoms with Crippen LogP contribution in [0.1, 0.15) is 12.5 Å². The minimum Gasteiger partial charge on any atom is -0.493 e. The van der Waals surface area contributed by atoms with Crippen LogP contribution < -0.4 is 20.5 Å². The Morgan fingerprint density at radius 1 is 1.08 bits per heavy atom. The van der Waals surface area contributed by atoms with Gasteiger partial charge in [-0.3, -0.25) is 0 Å². The Labute approximate surface area is 148 Å². The van der Waals surface area contributed by atoms with Crippen LogP contribution in [-0.2, 0) is 11.3 Å². The maximum atomic E-state index is 5.86. The number of guanidine groups is 1. The van der Waals surface area contributed by atoms with Crippen LogP contribution in [0.3, 0.4) is 0 Å². The Morgan fingerprint density at radius 3 is 2.40 bits per heavy atom. The van der Waals surface area contributed by atoms with Crippen molar-refractivity contribution in [3.05, 3.63) is 54.1 Å². The zero-order valence-electron chi connectivity index (χ0n) is 14.9. The van der Waals surface area contributed by atoms with E-state index in [1.807, 2.05) is 55.5 Å². The van der Waals surface area contributed by atoms with Crippen molar-refractivity contribution in [1.29, 1.82) is 0 Å². The Bertz CT molecular complexity index is 687. The second-order valence-electron chi connectivity index (χ2n) is 5.60. The molecule has 0 aliphatic rings. The van der Waals surface area contributed by atoms with Crippen LogP contribution >= 0.6 is 0 Å². The molecule has 0 spiro atoms. The quantitative estimate of drug-likeness (QED) is 0.569. The predicted molar refractivity (Wildman–Crippen MR) is 99.3 cm³/mol. The lowest BCUT2D eigenvalue weighted by molar-refractivity contribution is 0.179. The highest BCUT2D eigenvalue weighted by molar-refractivity contribution is 5.78. The van der Waals surface area contributed by atoms with E-state index in [1.54, 1.807) is 14.2 Å². The molecular weight excluding hydrogens is 318 g/mol. The van der Waals surface area contributed by atoms with Gasteiger partial charge in [-0.15, -0.1) is 0 Å². The van der Waals surface area contributed by atoms with E-state index in [1.165, 1.54) is 0 Å². The first-order chi connectivity index (χ1) is 12.1. The molecule has 0 amide bonds. The molecule has 6 heteroatoms. The largest absolute Gasteiger partial charge is 0.493 e. The number of nitrogens with zero attached hydrogens (tertiary/aromatic N) is 1. The number of rotatable bonds is 8. The highest BCUT2D eigenvalue weighted by atomic mass is 16.5. The van der Waals surface area contributed by atoms with Crippen LogP contribution in [-0.4, -0.2) is 32.8 Å². The van der Waals surface area contributed by atoms with Gasteiger partial charge in [-0.2, -0.15) is 0 Å². The van der Waals surface area contributed by atoms with E-state index < -0.39 is 0 Å². The maximum Gasteiger partial charge on any atom is 0.189 e. The van der Waals surface area contributed by atoms with Crippen molar-refractivity contribution < 1.29 is 14.2 Å². The van der Waals surface area contributed by atoms with Gasteiger partial charge in [0.15, 0.2) is 17.5 Å². The zero-order valence-corrected chi connectivity index (χ0v) is 14.9. The first-order valence-electron chi connectivity index (χ1n) is 8.07. The van der Waals surface area contributed by atoms with Gasteiger partial charge < -0.3 is 25.3 Å². The minimum atomic E-state index is 0.116. The molecule has 2 rings (SSSR count). The van der Waals surface area contributed by atoms with E-state index >= 15 is 0 Å². The molecule has 0 bridgehead atoms. The molecule has 2 aromatic rings. The van der Waals surface area contributed by atoms with Crippen molar-refractivity contribution in [3.63, 3.8) is 0 Å². The van der Waals surface area contributed by atoms with Crippen molar-refractivity contribution >= 4 is 5.96 Å². The van der Waals surface area contributed by atoms with Crippen molar-refractivity contribution in [2.75, 3.05) is 20.8 Å². The van der Waals surface area contributed by atoms with Gasteiger partial charge in [0.05, 0.1) is 20.3 Å². The third-order valence-electron chi connectivity index (χ3n) is 3.46. The summed E-state index contributed by atoms with van der Waals surface area (Å²) < 4.78 is 16.2. The van der Waals surface area contributed by atoms with E-state index in [0.29, 0.717) is 30.6 Å². The second-order valence-corrected chi connectivity index (χ2v) is 5.60. The number of benzene rings is 2. The molecule has 1 atom stereocenters. The molecule has 3 N–H and O–H groups in total. The molecule has 134 valence electrons. The number of nitrogens with two attached hydrogens (primary N) is 1. The Balaban J connectivity index is 1.93. The van der Waals surface area contributed by atoms with Crippen molar-refractivity contribution in [1.82, 2.24) is 5.32 Å². The van der Waals surface area contributed by atoms with Gasteiger partial charge in [0.1, 0.15) is 5.75 Å². The van der Waals surface area contributed by atoms with E-state index in [9.17, 15) is 0 Å². The normalized spacial score (nSPS) is 12.5. The molecular formula is C19H25N3O3. The number of hydrogen-bond donors (Lipinski definition) is 2. The molecule has 6 nitrogen and oxygen atoms in total. The summed E-state index contributed by atoms with van der Waals surface area (Å²) in [5.41, 5.74) is 6.90. The second kappa shape index (κ2) is 9.54. The summed E-state index contributed by atoms with van der Waals surface area (Å²) in [6.45, 7) is 3.05. The van der Waals surface area contributed by atoms with E-state index in [-0.39, 0.29) is 6.04 Å². The monoisotopic (exact) mass is 343 g/mol. The van der Waals surface area contributed by atoms with E-state index in [4.69, 9.17) is 19.9 Å². The van der Waals surface area contributed by atoms with Crippen LogP contribution in [0.2, 0.25) is 0 Å². The third-order valence-corrected chi connectivity index (χ3v) is 3.46. The van der Waals surface area contributed by atoms with Crippen molar-refractivity contribution in [2.24, 2.45) is 10.7 Å².